The second-order valence-electron chi connectivity index (χ2n) is 3.26. The third-order valence-electron chi connectivity index (χ3n) is 2.01. The maximum absolute atomic E-state index is 12.4. The van der Waals surface area contributed by atoms with E-state index in [0.717, 1.165) is 3.57 Å². The summed E-state index contributed by atoms with van der Waals surface area (Å²) in [6.45, 7) is 3.65. The van der Waals surface area contributed by atoms with Crippen LogP contribution in [0.3, 0.4) is 0 Å². The molecule has 0 aromatic heterocycles. The molecular weight excluding hydrogens is 434 g/mol. The third-order valence-corrected chi connectivity index (χ3v) is 5.30. The van der Waals surface area contributed by atoms with Gasteiger partial charge in [0, 0.05) is 13.6 Å². The van der Waals surface area contributed by atoms with Gasteiger partial charge in [0.05, 0.1) is 13.2 Å². The monoisotopic (exact) mass is 446 g/mol. The number of benzene rings is 1. The molecule has 1 rings (SSSR count). The van der Waals surface area contributed by atoms with E-state index in [4.69, 9.17) is 9.05 Å². The summed E-state index contributed by atoms with van der Waals surface area (Å²) < 4.78 is 23.9. The summed E-state index contributed by atoms with van der Waals surface area (Å²) in [6, 6.07) is 5.22. The van der Waals surface area contributed by atoms with Gasteiger partial charge < -0.3 is 9.05 Å². The first kappa shape index (κ1) is 16.3. The molecular formula is C11H13BrIO4P. The average Bonchev–Trinajstić information content (AvgIpc) is 2.32. The quantitative estimate of drug-likeness (QED) is 0.478. The summed E-state index contributed by atoms with van der Waals surface area (Å²) in [6.07, 6.45) is 0. The van der Waals surface area contributed by atoms with E-state index in [1.807, 2.05) is 6.07 Å². The van der Waals surface area contributed by atoms with Gasteiger partial charge in [0.15, 0.2) is 0 Å². The topological polar surface area (TPSA) is 52.6 Å². The minimum Gasteiger partial charge on any atom is -0.303 e. The number of carbonyl (C=O) groups is 1. The van der Waals surface area contributed by atoms with Crippen LogP contribution in [0.25, 0.3) is 0 Å². The van der Waals surface area contributed by atoms with Crippen molar-refractivity contribution in [2.45, 2.75) is 13.8 Å². The van der Waals surface area contributed by atoms with Crippen molar-refractivity contribution in [3.63, 3.8) is 0 Å². The summed E-state index contributed by atoms with van der Waals surface area (Å²) in [5.41, 5.74) is -0.302. The summed E-state index contributed by atoms with van der Waals surface area (Å²) >= 11 is 5.35. The molecule has 4 nitrogen and oxygen atoms in total. The molecule has 0 aliphatic heterocycles. The first-order valence-electron chi connectivity index (χ1n) is 5.33. The van der Waals surface area contributed by atoms with Gasteiger partial charge in [-0.05, 0) is 54.6 Å². The highest BCUT2D eigenvalue weighted by Gasteiger charge is 2.36. The summed E-state index contributed by atoms with van der Waals surface area (Å²) in [4.78, 5) is 12.3. The number of rotatable bonds is 6. The Bertz CT molecular complexity index is 482. The minimum absolute atomic E-state index is 0.157. The molecule has 0 heterocycles. The van der Waals surface area contributed by atoms with Gasteiger partial charge in [0.1, 0.15) is 0 Å². The zero-order valence-electron chi connectivity index (χ0n) is 9.98. The third kappa shape index (κ3) is 3.87. The summed E-state index contributed by atoms with van der Waals surface area (Å²) in [7, 11) is -3.75. The van der Waals surface area contributed by atoms with Crippen LogP contribution < -0.4 is 0 Å². The Morgan fingerprint density at radius 1 is 1.33 bits per heavy atom. The zero-order valence-corrected chi connectivity index (χ0v) is 14.6. The number of hydrogen-bond donors (Lipinski definition) is 0. The summed E-state index contributed by atoms with van der Waals surface area (Å²) in [5, 5.41) is 0. The molecule has 0 amide bonds. The van der Waals surface area contributed by atoms with Crippen molar-refractivity contribution in [2.24, 2.45) is 0 Å². The molecule has 0 bridgehead atoms. The highest BCUT2D eigenvalue weighted by Crippen LogP contribution is 2.51. The van der Waals surface area contributed by atoms with Crippen LogP contribution in [0.5, 0.6) is 0 Å². The molecule has 0 unspecified atom stereocenters. The maximum Gasteiger partial charge on any atom is 0.401 e. The maximum atomic E-state index is 12.4. The lowest BCUT2D eigenvalue weighted by Crippen LogP contribution is -2.08. The molecule has 0 saturated heterocycles. The van der Waals surface area contributed by atoms with Gasteiger partial charge in [-0.1, -0.05) is 15.9 Å². The van der Waals surface area contributed by atoms with Gasteiger partial charge in [0.2, 0.25) is 0 Å². The predicted octanol–water partition coefficient (Wildman–Crippen LogP) is 4.46. The van der Waals surface area contributed by atoms with Gasteiger partial charge in [-0.15, -0.1) is 0 Å². The predicted molar refractivity (Wildman–Crippen MR) is 82.0 cm³/mol. The number of halogens is 2. The molecule has 0 saturated carbocycles. The van der Waals surface area contributed by atoms with Crippen LogP contribution in [0.4, 0.5) is 0 Å². The first-order valence-corrected chi connectivity index (χ1v) is 8.75. The molecule has 7 heteroatoms. The Kier molecular flexibility index (Phi) is 6.47. The largest absolute Gasteiger partial charge is 0.401 e. The van der Waals surface area contributed by atoms with Gasteiger partial charge in [-0.25, -0.2) is 0 Å². The van der Waals surface area contributed by atoms with Gasteiger partial charge in [-0.2, -0.15) is 0 Å². The normalized spacial score (nSPS) is 11.6. The van der Waals surface area contributed by atoms with Crippen molar-refractivity contribution in [3.05, 3.63) is 31.8 Å². The number of hydrogen-bond acceptors (Lipinski definition) is 4. The smallest absolute Gasteiger partial charge is 0.303 e. The van der Waals surface area contributed by atoms with E-state index in [9.17, 15) is 9.36 Å². The Balaban J connectivity index is 3.17. The molecule has 100 valence electrons. The van der Waals surface area contributed by atoms with Crippen LogP contribution in [0.15, 0.2) is 22.7 Å². The Labute approximate surface area is 128 Å². The molecule has 1 aromatic rings. The fourth-order valence-corrected chi connectivity index (χ4v) is 3.84. The second-order valence-corrected chi connectivity index (χ2v) is 7.28. The number of carbonyl (C=O) groups excluding carboxylic acids is 1. The second kappa shape index (κ2) is 7.14. The highest BCUT2D eigenvalue weighted by molar-refractivity contribution is 14.1. The van der Waals surface area contributed by atoms with Crippen molar-refractivity contribution >= 4 is 51.6 Å². The molecule has 0 aliphatic rings. The van der Waals surface area contributed by atoms with Crippen LogP contribution in [-0.2, 0) is 13.6 Å². The molecule has 0 spiro atoms. The first-order chi connectivity index (χ1) is 8.44. The van der Waals surface area contributed by atoms with E-state index in [2.05, 4.69) is 38.5 Å². The lowest BCUT2D eigenvalue weighted by Gasteiger charge is -2.16. The van der Waals surface area contributed by atoms with E-state index in [0.29, 0.717) is 10.0 Å². The van der Waals surface area contributed by atoms with Gasteiger partial charge in [-0.3, -0.25) is 9.36 Å². The minimum atomic E-state index is -3.75. The molecule has 0 fully saturated rings. The lowest BCUT2D eigenvalue weighted by atomic mass is 10.2. The van der Waals surface area contributed by atoms with Crippen LogP contribution >= 0.6 is 46.1 Å². The van der Waals surface area contributed by atoms with Crippen LogP contribution in [0.1, 0.15) is 24.2 Å². The molecule has 0 N–H and O–H groups in total. The van der Waals surface area contributed by atoms with Crippen molar-refractivity contribution in [1.82, 2.24) is 0 Å². The van der Waals surface area contributed by atoms with Crippen molar-refractivity contribution in [1.29, 1.82) is 0 Å². The van der Waals surface area contributed by atoms with Gasteiger partial charge in [0.25, 0.3) is 5.52 Å². The Morgan fingerprint density at radius 2 is 1.89 bits per heavy atom. The molecule has 0 radical (unpaired) electrons. The molecule has 18 heavy (non-hydrogen) atoms. The molecule has 0 aliphatic carbocycles. The average molecular weight is 447 g/mol. The standard InChI is InChI=1S/C11H13BrIO4P/c1-3-16-18(15,17-4-2)11(14)9-7-8(13)5-6-10(9)12/h5-7H,3-4H2,1-2H3. The van der Waals surface area contributed by atoms with Crippen molar-refractivity contribution in [3.8, 4) is 0 Å². The van der Waals surface area contributed by atoms with E-state index >= 15 is 0 Å². The SMILES string of the molecule is CCOP(=O)(OCC)C(=O)c1cc(I)ccc1Br. The van der Waals surface area contributed by atoms with Crippen molar-refractivity contribution in [2.75, 3.05) is 13.2 Å². The fourth-order valence-electron chi connectivity index (χ4n) is 1.30. The van der Waals surface area contributed by atoms with Crippen LogP contribution in [0.2, 0.25) is 0 Å². The van der Waals surface area contributed by atoms with Gasteiger partial charge >= 0.3 is 7.60 Å². The van der Waals surface area contributed by atoms with E-state index in [-0.39, 0.29) is 13.2 Å². The fraction of sp³-hybridized carbons (Fsp3) is 0.364. The molecule has 0 atom stereocenters. The summed E-state index contributed by atoms with van der Waals surface area (Å²) in [5.74, 6) is 0. The zero-order chi connectivity index (χ0) is 13.8. The van der Waals surface area contributed by atoms with E-state index in [1.54, 1.807) is 26.0 Å². The van der Waals surface area contributed by atoms with Crippen LogP contribution in [-0.4, -0.2) is 18.7 Å². The van der Waals surface area contributed by atoms with E-state index < -0.39 is 13.1 Å². The van der Waals surface area contributed by atoms with E-state index in [1.165, 1.54) is 0 Å². The van der Waals surface area contributed by atoms with Crippen LogP contribution in [0, 0.1) is 3.57 Å². The Morgan fingerprint density at radius 3 is 2.39 bits per heavy atom. The molecule has 1 aromatic carbocycles. The Hall–Kier alpha value is 0.250. The van der Waals surface area contributed by atoms with Crippen molar-refractivity contribution < 1.29 is 18.4 Å². The lowest BCUT2D eigenvalue weighted by molar-refractivity contribution is 0.100. The highest BCUT2D eigenvalue weighted by atomic mass is 127.